The Morgan fingerprint density at radius 3 is 2.50 bits per heavy atom. The number of H-pyrrole nitrogens is 1. The number of fused-ring (bicyclic) bond motifs is 1. The molecule has 1 aliphatic rings. The Bertz CT molecular complexity index is 735. The number of Topliss-reactive ketones (excluding diaryl/α,β-unsaturated/α-hetero) is 1. The van der Waals surface area contributed by atoms with Crippen molar-refractivity contribution < 1.29 is 24.3 Å². The van der Waals surface area contributed by atoms with Crippen LogP contribution in [0.4, 0.5) is 0 Å². The number of carbonyl (C=O) groups excluding carboxylic acids is 3. The molecule has 0 aromatic carbocycles. The Kier molecular flexibility index (Phi) is 6.18. The molecule has 1 aromatic heterocycles. The third-order valence-electron chi connectivity index (χ3n) is 4.41. The normalized spacial score (nSPS) is 14.7. The number of ketones is 1. The van der Waals surface area contributed by atoms with E-state index >= 15 is 0 Å². The molecule has 0 unspecified atom stereocenters. The number of hydrogen-bond donors (Lipinski definition) is 4. The zero-order valence-electron chi connectivity index (χ0n) is 15.3. The van der Waals surface area contributed by atoms with Crippen LogP contribution in [0.2, 0.25) is 0 Å². The minimum absolute atomic E-state index is 0.0229. The number of carbonyl (C=O) groups is 4. The van der Waals surface area contributed by atoms with E-state index in [0.717, 1.165) is 12.1 Å². The fourth-order valence-corrected chi connectivity index (χ4v) is 3.19. The fourth-order valence-electron chi connectivity index (χ4n) is 3.19. The molecular formula is C18H25N3O5. The minimum atomic E-state index is -1.11. The zero-order chi connectivity index (χ0) is 19.4. The molecule has 0 radical (unpaired) electrons. The predicted molar refractivity (Wildman–Crippen MR) is 94.2 cm³/mol. The Morgan fingerprint density at radius 1 is 1.23 bits per heavy atom. The van der Waals surface area contributed by atoms with Crippen LogP contribution in [0.5, 0.6) is 0 Å². The van der Waals surface area contributed by atoms with Gasteiger partial charge in [-0.05, 0) is 37.7 Å². The van der Waals surface area contributed by atoms with Crippen molar-refractivity contribution in [2.45, 2.75) is 52.5 Å². The van der Waals surface area contributed by atoms with Crippen LogP contribution in [-0.4, -0.2) is 46.2 Å². The molecule has 0 saturated heterocycles. The number of carboxylic acid groups (broad SMARTS) is 1. The van der Waals surface area contributed by atoms with Crippen molar-refractivity contribution in [1.82, 2.24) is 15.6 Å². The van der Waals surface area contributed by atoms with E-state index < -0.39 is 23.8 Å². The molecule has 1 aromatic rings. The highest BCUT2D eigenvalue weighted by molar-refractivity contribution is 6.04. The average Bonchev–Trinajstić information content (AvgIpc) is 2.90. The maximum Gasteiger partial charge on any atom is 0.326 e. The summed E-state index contributed by atoms with van der Waals surface area (Å²) < 4.78 is 0. The molecule has 2 rings (SSSR count). The van der Waals surface area contributed by atoms with Gasteiger partial charge in [-0.3, -0.25) is 14.4 Å². The number of aryl methyl sites for hydroxylation is 1. The van der Waals surface area contributed by atoms with Crippen LogP contribution in [0, 0.1) is 12.8 Å². The topological polar surface area (TPSA) is 128 Å². The van der Waals surface area contributed by atoms with Gasteiger partial charge in [-0.25, -0.2) is 4.79 Å². The molecule has 8 heteroatoms. The molecule has 0 fully saturated rings. The number of amides is 2. The van der Waals surface area contributed by atoms with Gasteiger partial charge < -0.3 is 20.7 Å². The molecule has 1 heterocycles. The van der Waals surface area contributed by atoms with Crippen molar-refractivity contribution in [1.29, 1.82) is 0 Å². The number of rotatable bonds is 7. The summed E-state index contributed by atoms with van der Waals surface area (Å²) in [5.74, 6) is -2.04. The van der Waals surface area contributed by atoms with Gasteiger partial charge in [0.2, 0.25) is 5.91 Å². The van der Waals surface area contributed by atoms with Gasteiger partial charge in [0.05, 0.1) is 6.54 Å². The van der Waals surface area contributed by atoms with Crippen molar-refractivity contribution in [3.63, 3.8) is 0 Å². The van der Waals surface area contributed by atoms with E-state index in [1.54, 1.807) is 6.92 Å². The van der Waals surface area contributed by atoms with Crippen molar-refractivity contribution in [3.05, 3.63) is 22.5 Å². The van der Waals surface area contributed by atoms with Crippen LogP contribution in [0.15, 0.2) is 0 Å². The lowest BCUT2D eigenvalue weighted by atomic mass is 9.94. The molecule has 0 aliphatic heterocycles. The van der Waals surface area contributed by atoms with E-state index in [-0.39, 0.29) is 23.9 Å². The maximum atomic E-state index is 12.3. The SMILES string of the molecule is Cc1c(C(=O)NCC(=O)N[C@@H](CC(C)C)C(=O)O)[nH]c2c1C(=O)CCC2. The summed E-state index contributed by atoms with van der Waals surface area (Å²) in [5, 5.41) is 14.0. The Morgan fingerprint density at radius 2 is 1.92 bits per heavy atom. The van der Waals surface area contributed by atoms with E-state index in [4.69, 9.17) is 5.11 Å². The third kappa shape index (κ3) is 4.50. The Balaban J connectivity index is 1.97. The second-order valence-electron chi connectivity index (χ2n) is 7.03. The summed E-state index contributed by atoms with van der Waals surface area (Å²) in [4.78, 5) is 50.5. The number of aliphatic carboxylic acids is 1. The highest BCUT2D eigenvalue weighted by atomic mass is 16.4. The number of carboxylic acids is 1. The Labute approximate surface area is 151 Å². The van der Waals surface area contributed by atoms with Crippen LogP contribution in [0.25, 0.3) is 0 Å². The third-order valence-corrected chi connectivity index (χ3v) is 4.41. The molecule has 2 amide bonds. The van der Waals surface area contributed by atoms with Gasteiger partial charge in [-0.2, -0.15) is 0 Å². The highest BCUT2D eigenvalue weighted by Gasteiger charge is 2.27. The van der Waals surface area contributed by atoms with Crippen LogP contribution in [0.1, 0.15) is 65.2 Å². The first kappa shape index (κ1) is 19.7. The van der Waals surface area contributed by atoms with Crippen LogP contribution in [-0.2, 0) is 16.0 Å². The molecular weight excluding hydrogens is 338 g/mol. The number of aromatic nitrogens is 1. The van der Waals surface area contributed by atoms with Crippen molar-refractivity contribution in [2.24, 2.45) is 5.92 Å². The first-order valence-electron chi connectivity index (χ1n) is 8.75. The summed E-state index contributed by atoms with van der Waals surface area (Å²) in [6.45, 7) is 5.09. The zero-order valence-corrected chi connectivity index (χ0v) is 15.3. The van der Waals surface area contributed by atoms with E-state index in [1.807, 2.05) is 13.8 Å². The van der Waals surface area contributed by atoms with Gasteiger partial charge in [-0.15, -0.1) is 0 Å². The lowest BCUT2D eigenvalue weighted by molar-refractivity contribution is -0.142. The maximum absolute atomic E-state index is 12.3. The largest absolute Gasteiger partial charge is 0.480 e. The fraction of sp³-hybridized carbons (Fsp3) is 0.556. The van der Waals surface area contributed by atoms with Crippen molar-refractivity contribution >= 4 is 23.6 Å². The van der Waals surface area contributed by atoms with E-state index in [2.05, 4.69) is 15.6 Å². The van der Waals surface area contributed by atoms with Crippen LogP contribution in [0.3, 0.4) is 0 Å². The molecule has 4 N–H and O–H groups in total. The van der Waals surface area contributed by atoms with Crippen molar-refractivity contribution in [2.75, 3.05) is 6.54 Å². The van der Waals surface area contributed by atoms with E-state index in [0.29, 0.717) is 30.4 Å². The van der Waals surface area contributed by atoms with Gasteiger partial charge in [0.1, 0.15) is 11.7 Å². The predicted octanol–water partition coefficient (Wildman–Crippen LogP) is 1.19. The van der Waals surface area contributed by atoms with Gasteiger partial charge in [-0.1, -0.05) is 13.8 Å². The molecule has 0 saturated carbocycles. The van der Waals surface area contributed by atoms with Crippen LogP contribution >= 0.6 is 0 Å². The van der Waals surface area contributed by atoms with E-state index in [1.165, 1.54) is 0 Å². The molecule has 142 valence electrons. The second-order valence-corrected chi connectivity index (χ2v) is 7.03. The summed E-state index contributed by atoms with van der Waals surface area (Å²) in [6, 6.07) is -0.989. The van der Waals surface area contributed by atoms with E-state index in [9.17, 15) is 19.2 Å². The lowest BCUT2D eigenvalue weighted by Crippen LogP contribution is -2.46. The minimum Gasteiger partial charge on any atom is -0.480 e. The first-order chi connectivity index (χ1) is 12.2. The summed E-state index contributed by atoms with van der Waals surface area (Å²) in [6.07, 6.45) is 2.24. The Hall–Kier alpha value is -2.64. The first-order valence-corrected chi connectivity index (χ1v) is 8.75. The monoisotopic (exact) mass is 363 g/mol. The number of aromatic amines is 1. The quantitative estimate of drug-likeness (QED) is 0.578. The molecule has 0 spiro atoms. The molecule has 26 heavy (non-hydrogen) atoms. The lowest BCUT2D eigenvalue weighted by Gasteiger charge is -2.16. The second kappa shape index (κ2) is 8.16. The summed E-state index contributed by atoms with van der Waals surface area (Å²) >= 11 is 0. The smallest absolute Gasteiger partial charge is 0.326 e. The van der Waals surface area contributed by atoms with Crippen LogP contribution < -0.4 is 10.6 Å². The highest BCUT2D eigenvalue weighted by Crippen LogP contribution is 2.26. The van der Waals surface area contributed by atoms with Gasteiger partial charge in [0, 0.05) is 17.7 Å². The number of nitrogens with one attached hydrogen (secondary N) is 3. The molecule has 1 aliphatic carbocycles. The average molecular weight is 363 g/mol. The van der Waals surface area contributed by atoms with Crippen molar-refractivity contribution in [3.8, 4) is 0 Å². The van der Waals surface area contributed by atoms with Gasteiger partial charge >= 0.3 is 5.97 Å². The summed E-state index contributed by atoms with van der Waals surface area (Å²) in [5.41, 5.74) is 2.20. The molecule has 8 nitrogen and oxygen atoms in total. The standard InChI is InChI=1S/C18H25N3O5/c1-9(2)7-12(18(25)26)20-14(23)8-19-17(24)16-10(3)15-11(21-16)5-4-6-13(15)22/h9,12,21H,4-8H2,1-3H3,(H,19,24)(H,20,23)(H,25,26)/t12-/m0/s1. The number of hydrogen-bond acceptors (Lipinski definition) is 4. The molecule has 1 atom stereocenters. The summed E-state index contributed by atoms with van der Waals surface area (Å²) in [7, 11) is 0. The molecule has 0 bridgehead atoms. The van der Waals surface area contributed by atoms with Gasteiger partial charge in [0.15, 0.2) is 5.78 Å². The van der Waals surface area contributed by atoms with Gasteiger partial charge in [0.25, 0.3) is 5.91 Å².